The molecule has 4 unspecified atom stereocenters. The first-order valence-electron chi connectivity index (χ1n) is 8.17. The molecule has 4 heteroatoms. The van der Waals surface area contributed by atoms with E-state index in [4.69, 9.17) is 0 Å². The summed E-state index contributed by atoms with van der Waals surface area (Å²) in [5, 5.41) is 19.4. The van der Waals surface area contributed by atoms with E-state index in [1.807, 2.05) is 6.08 Å². The van der Waals surface area contributed by atoms with Crippen molar-refractivity contribution < 1.29 is 19.8 Å². The van der Waals surface area contributed by atoms with E-state index in [-0.39, 0.29) is 17.3 Å². The Kier molecular flexibility index (Phi) is 2.76. The van der Waals surface area contributed by atoms with Gasteiger partial charge in [0.2, 0.25) is 0 Å². The maximum absolute atomic E-state index is 12.0. The van der Waals surface area contributed by atoms with Crippen molar-refractivity contribution >= 4 is 11.9 Å². The van der Waals surface area contributed by atoms with Crippen molar-refractivity contribution in [2.75, 3.05) is 0 Å². The van der Waals surface area contributed by atoms with Crippen LogP contribution in [0.5, 0.6) is 0 Å². The van der Waals surface area contributed by atoms with Crippen LogP contribution >= 0.6 is 0 Å². The van der Waals surface area contributed by atoms with Crippen molar-refractivity contribution in [1.82, 2.24) is 0 Å². The highest BCUT2D eigenvalue weighted by Crippen LogP contribution is 2.70. The van der Waals surface area contributed by atoms with Gasteiger partial charge in [0.1, 0.15) is 0 Å². The smallest absolute Gasteiger partial charge is 0.307 e. The van der Waals surface area contributed by atoms with Gasteiger partial charge in [-0.2, -0.15) is 0 Å². The summed E-state index contributed by atoms with van der Waals surface area (Å²) in [5.74, 6) is -1.51. The first-order chi connectivity index (χ1) is 10.0. The van der Waals surface area contributed by atoms with E-state index >= 15 is 0 Å². The topological polar surface area (TPSA) is 74.6 Å². The maximum Gasteiger partial charge on any atom is 0.307 e. The molecule has 4 aliphatic carbocycles. The number of hydrogen-bond donors (Lipinski definition) is 2. The second-order valence-corrected chi connectivity index (χ2v) is 7.61. The minimum absolute atomic E-state index is 0.119. The molecule has 0 aliphatic heterocycles. The molecule has 21 heavy (non-hydrogen) atoms. The van der Waals surface area contributed by atoms with Crippen LogP contribution < -0.4 is 0 Å². The molecule has 4 aliphatic rings. The number of hydrogen-bond acceptors (Lipinski definition) is 2. The Balaban J connectivity index is 1.83. The van der Waals surface area contributed by atoms with E-state index in [1.165, 1.54) is 6.42 Å². The number of fused-ring (bicyclic) bond motifs is 3. The lowest BCUT2D eigenvalue weighted by Crippen LogP contribution is -2.40. The van der Waals surface area contributed by atoms with E-state index < -0.39 is 23.8 Å². The molecule has 0 radical (unpaired) electrons. The zero-order valence-corrected chi connectivity index (χ0v) is 12.1. The molecule has 2 N–H and O–H groups in total. The van der Waals surface area contributed by atoms with E-state index in [1.54, 1.807) is 0 Å². The van der Waals surface area contributed by atoms with Crippen LogP contribution in [0, 0.1) is 40.9 Å². The SMILES string of the molecule is O=C(O)C1CC=CC2C3CC[C@H]4CC[C@@]3(C4)C(C(=O)O)[C@H]12. The summed E-state index contributed by atoms with van der Waals surface area (Å²) in [7, 11) is 0. The largest absolute Gasteiger partial charge is 0.481 e. The third kappa shape index (κ3) is 1.62. The summed E-state index contributed by atoms with van der Waals surface area (Å²) in [5.41, 5.74) is -0.119. The minimum atomic E-state index is -0.815. The minimum Gasteiger partial charge on any atom is -0.481 e. The molecule has 0 aromatic heterocycles. The maximum atomic E-state index is 12.0. The van der Waals surface area contributed by atoms with Crippen molar-refractivity contribution in [2.24, 2.45) is 40.9 Å². The monoisotopic (exact) mass is 290 g/mol. The third-order valence-corrected chi connectivity index (χ3v) is 7.02. The molecule has 0 heterocycles. The Bertz CT molecular complexity index is 525. The Hall–Kier alpha value is -1.32. The van der Waals surface area contributed by atoms with Crippen LogP contribution in [-0.4, -0.2) is 22.2 Å². The van der Waals surface area contributed by atoms with Crippen LogP contribution in [0.4, 0.5) is 0 Å². The zero-order chi connectivity index (χ0) is 14.8. The van der Waals surface area contributed by atoms with Gasteiger partial charge in [-0.05, 0) is 61.2 Å². The number of carboxylic acid groups (broad SMARTS) is 2. The summed E-state index contributed by atoms with van der Waals surface area (Å²) in [4.78, 5) is 23.7. The van der Waals surface area contributed by atoms with Crippen LogP contribution in [0.2, 0.25) is 0 Å². The van der Waals surface area contributed by atoms with Gasteiger partial charge >= 0.3 is 11.9 Å². The molecule has 0 amide bonds. The number of rotatable bonds is 2. The van der Waals surface area contributed by atoms with Crippen LogP contribution in [-0.2, 0) is 9.59 Å². The number of carbonyl (C=O) groups is 2. The van der Waals surface area contributed by atoms with Crippen LogP contribution in [0.15, 0.2) is 12.2 Å². The third-order valence-electron chi connectivity index (χ3n) is 7.02. The van der Waals surface area contributed by atoms with Gasteiger partial charge in [0.05, 0.1) is 11.8 Å². The number of carboxylic acids is 2. The van der Waals surface area contributed by atoms with Crippen molar-refractivity contribution in [3.8, 4) is 0 Å². The molecule has 114 valence electrons. The Morgan fingerprint density at radius 2 is 1.90 bits per heavy atom. The summed E-state index contributed by atoms with van der Waals surface area (Å²) >= 11 is 0. The van der Waals surface area contributed by atoms with Gasteiger partial charge in [0, 0.05) is 0 Å². The molecule has 7 atom stereocenters. The average Bonchev–Trinajstić information content (AvgIpc) is 2.93. The van der Waals surface area contributed by atoms with Gasteiger partial charge in [-0.25, -0.2) is 0 Å². The summed E-state index contributed by atoms with van der Waals surface area (Å²) < 4.78 is 0. The highest BCUT2D eigenvalue weighted by Gasteiger charge is 2.67. The number of allylic oxidation sites excluding steroid dienone is 2. The zero-order valence-electron chi connectivity index (χ0n) is 12.1. The molecule has 2 bridgehead atoms. The fourth-order valence-corrected chi connectivity index (χ4v) is 6.44. The summed E-state index contributed by atoms with van der Waals surface area (Å²) in [6.07, 6.45) is 10.1. The quantitative estimate of drug-likeness (QED) is 0.767. The van der Waals surface area contributed by atoms with Gasteiger partial charge in [-0.1, -0.05) is 18.6 Å². The van der Waals surface area contributed by atoms with Crippen LogP contribution in [0.25, 0.3) is 0 Å². The normalized spacial score (nSPS) is 50.5. The lowest BCUT2D eigenvalue weighted by molar-refractivity contribution is -0.153. The molecule has 0 aromatic carbocycles. The first kappa shape index (κ1) is 13.4. The summed E-state index contributed by atoms with van der Waals surface area (Å²) in [6.45, 7) is 0. The van der Waals surface area contributed by atoms with Crippen LogP contribution in [0.3, 0.4) is 0 Å². The molecular formula is C17H22O4. The average molecular weight is 290 g/mol. The van der Waals surface area contributed by atoms with Gasteiger partial charge in [0.15, 0.2) is 0 Å². The van der Waals surface area contributed by atoms with Crippen molar-refractivity contribution in [3.63, 3.8) is 0 Å². The lowest BCUT2D eigenvalue weighted by Gasteiger charge is -2.40. The highest BCUT2D eigenvalue weighted by molar-refractivity contribution is 5.77. The molecule has 4 nitrogen and oxygen atoms in total. The van der Waals surface area contributed by atoms with E-state index in [0.29, 0.717) is 18.3 Å². The molecule has 0 saturated heterocycles. The fraction of sp³-hybridized carbons (Fsp3) is 0.765. The Morgan fingerprint density at radius 3 is 2.62 bits per heavy atom. The second-order valence-electron chi connectivity index (χ2n) is 7.61. The Morgan fingerprint density at radius 1 is 1.10 bits per heavy atom. The van der Waals surface area contributed by atoms with E-state index in [9.17, 15) is 19.8 Å². The van der Waals surface area contributed by atoms with Gasteiger partial charge < -0.3 is 10.2 Å². The van der Waals surface area contributed by atoms with Gasteiger partial charge in [0.25, 0.3) is 0 Å². The number of aliphatic carboxylic acids is 2. The summed E-state index contributed by atoms with van der Waals surface area (Å²) in [6, 6.07) is 0. The van der Waals surface area contributed by atoms with Crippen LogP contribution in [0.1, 0.15) is 38.5 Å². The second kappa shape index (κ2) is 4.34. The molecule has 3 fully saturated rings. The predicted octanol–water partition coefficient (Wildman–Crippen LogP) is 2.79. The molecule has 3 saturated carbocycles. The van der Waals surface area contributed by atoms with Crippen molar-refractivity contribution in [1.29, 1.82) is 0 Å². The first-order valence-corrected chi connectivity index (χ1v) is 8.17. The van der Waals surface area contributed by atoms with Crippen molar-refractivity contribution in [2.45, 2.75) is 38.5 Å². The predicted molar refractivity (Wildman–Crippen MR) is 75.5 cm³/mol. The van der Waals surface area contributed by atoms with Crippen molar-refractivity contribution in [3.05, 3.63) is 12.2 Å². The van der Waals surface area contributed by atoms with E-state index in [2.05, 4.69) is 6.08 Å². The standard InChI is InChI=1S/C17H22O4/c18-15(19)11-3-1-2-10-12-5-4-9-6-7-17(12,8-9)14(13(10)11)16(20)21/h1-2,9-14H,3-8H2,(H,18,19)(H,20,21)/t9-,10?,11?,12?,13-,14?,17-/m0/s1. The molecule has 1 spiro atoms. The van der Waals surface area contributed by atoms with Gasteiger partial charge in [-0.15, -0.1) is 0 Å². The molecule has 4 rings (SSSR count). The fourth-order valence-electron chi connectivity index (χ4n) is 6.44. The van der Waals surface area contributed by atoms with E-state index in [0.717, 1.165) is 25.7 Å². The highest BCUT2D eigenvalue weighted by atomic mass is 16.4. The Labute approximate surface area is 124 Å². The molecular weight excluding hydrogens is 268 g/mol. The van der Waals surface area contributed by atoms with Gasteiger partial charge in [-0.3, -0.25) is 9.59 Å². The molecule has 0 aromatic rings. The lowest BCUT2D eigenvalue weighted by atomic mass is 9.64.